The number of thiazole rings is 1. The predicted molar refractivity (Wildman–Crippen MR) is 109 cm³/mol. The molecule has 0 spiro atoms. The number of aromatic nitrogens is 1. The maximum Gasteiger partial charge on any atom is 0.288 e. The summed E-state index contributed by atoms with van der Waals surface area (Å²) in [5.41, 5.74) is 1.46. The lowest BCUT2D eigenvalue weighted by Gasteiger charge is -2.28. The van der Waals surface area contributed by atoms with Crippen molar-refractivity contribution in [3.63, 3.8) is 0 Å². The van der Waals surface area contributed by atoms with Crippen molar-refractivity contribution in [3.8, 4) is 0 Å². The molecule has 1 aliphatic rings. The van der Waals surface area contributed by atoms with Crippen LogP contribution < -0.4 is 4.90 Å². The number of benzene rings is 2. The number of rotatable bonds is 5. The molecule has 0 saturated carbocycles. The maximum absolute atomic E-state index is 13.4. The summed E-state index contributed by atoms with van der Waals surface area (Å²) in [6, 6.07) is 14.4. The van der Waals surface area contributed by atoms with Gasteiger partial charge in [-0.15, -0.1) is 0 Å². The van der Waals surface area contributed by atoms with Gasteiger partial charge in [0, 0.05) is 24.0 Å². The van der Waals surface area contributed by atoms with Crippen LogP contribution in [-0.4, -0.2) is 29.9 Å². The molecule has 1 aromatic heterocycles. The van der Waals surface area contributed by atoms with Gasteiger partial charge in [0.15, 0.2) is 5.13 Å². The number of hydrogen-bond donors (Lipinski definition) is 0. The fourth-order valence-electron chi connectivity index (χ4n) is 3.19. The second-order valence-corrected chi connectivity index (χ2v) is 8.47. The molecular weight excluding hydrogens is 402 g/mol. The summed E-state index contributed by atoms with van der Waals surface area (Å²) in [4.78, 5) is 20.1. The van der Waals surface area contributed by atoms with E-state index < -0.39 is 5.76 Å². The molecule has 0 aliphatic carbocycles. The molecule has 28 heavy (non-hydrogen) atoms. The van der Waals surface area contributed by atoms with Gasteiger partial charge in [-0.3, -0.25) is 9.69 Å². The van der Waals surface area contributed by atoms with Gasteiger partial charge in [0.2, 0.25) is 5.91 Å². The van der Waals surface area contributed by atoms with Gasteiger partial charge < -0.3 is 4.74 Å². The minimum Gasteiger partial charge on any atom is -0.381 e. The SMILES string of the molecule is O=C(C1CCOCC1)N(c1ccc(SC(F)F)cc1)c1nc2ccccc2s1. The highest BCUT2D eigenvalue weighted by atomic mass is 32.2. The number of ether oxygens (including phenoxy) is 1. The third-order valence-corrected chi connectivity index (χ3v) is 6.33. The van der Waals surface area contributed by atoms with E-state index in [1.807, 2.05) is 24.3 Å². The van der Waals surface area contributed by atoms with E-state index in [1.165, 1.54) is 11.3 Å². The first-order valence-electron chi connectivity index (χ1n) is 8.94. The quantitative estimate of drug-likeness (QED) is 0.497. The Hall–Kier alpha value is -2.03. The van der Waals surface area contributed by atoms with E-state index >= 15 is 0 Å². The molecule has 0 radical (unpaired) electrons. The highest BCUT2D eigenvalue weighted by Gasteiger charge is 2.30. The number of amides is 1. The number of nitrogens with zero attached hydrogens (tertiary/aromatic N) is 2. The van der Waals surface area contributed by atoms with E-state index in [-0.39, 0.29) is 11.8 Å². The number of carbonyl (C=O) groups excluding carboxylic acids is 1. The van der Waals surface area contributed by atoms with Crippen molar-refractivity contribution in [2.24, 2.45) is 5.92 Å². The second kappa shape index (κ2) is 8.55. The highest BCUT2D eigenvalue weighted by Crippen LogP contribution is 2.37. The Morgan fingerprint density at radius 3 is 2.54 bits per heavy atom. The van der Waals surface area contributed by atoms with Crippen molar-refractivity contribution in [1.29, 1.82) is 0 Å². The summed E-state index contributed by atoms with van der Waals surface area (Å²) < 4.78 is 31.6. The van der Waals surface area contributed by atoms with Crippen LogP contribution in [0.2, 0.25) is 0 Å². The Morgan fingerprint density at radius 2 is 1.86 bits per heavy atom. The zero-order chi connectivity index (χ0) is 19.5. The fraction of sp³-hybridized carbons (Fsp3) is 0.300. The summed E-state index contributed by atoms with van der Waals surface area (Å²) in [7, 11) is 0. The topological polar surface area (TPSA) is 42.4 Å². The van der Waals surface area contributed by atoms with Gasteiger partial charge in [-0.25, -0.2) is 4.98 Å². The number of carbonyl (C=O) groups is 1. The van der Waals surface area contributed by atoms with Crippen LogP contribution in [-0.2, 0) is 9.53 Å². The fourth-order valence-corrected chi connectivity index (χ4v) is 4.68. The van der Waals surface area contributed by atoms with Gasteiger partial charge in [0.05, 0.1) is 15.9 Å². The summed E-state index contributed by atoms with van der Waals surface area (Å²) in [6.45, 7) is 1.13. The number of para-hydroxylation sites is 1. The van der Waals surface area contributed by atoms with Crippen LogP contribution in [0.15, 0.2) is 53.4 Å². The van der Waals surface area contributed by atoms with Crippen molar-refractivity contribution in [2.75, 3.05) is 18.1 Å². The number of thioether (sulfide) groups is 1. The summed E-state index contributed by atoms with van der Waals surface area (Å²) in [6.07, 6.45) is 1.33. The molecule has 2 heterocycles. The lowest BCUT2D eigenvalue weighted by atomic mass is 9.98. The number of halogens is 2. The summed E-state index contributed by atoms with van der Waals surface area (Å²) >= 11 is 1.93. The van der Waals surface area contributed by atoms with Crippen molar-refractivity contribution in [2.45, 2.75) is 23.5 Å². The first kappa shape index (κ1) is 19.3. The van der Waals surface area contributed by atoms with E-state index in [4.69, 9.17) is 4.74 Å². The van der Waals surface area contributed by atoms with Crippen LogP contribution in [0, 0.1) is 5.92 Å². The van der Waals surface area contributed by atoms with E-state index in [9.17, 15) is 13.6 Å². The second-order valence-electron chi connectivity index (χ2n) is 6.40. The molecule has 1 amide bonds. The molecule has 2 aromatic carbocycles. The molecule has 4 rings (SSSR count). The van der Waals surface area contributed by atoms with Crippen LogP contribution in [0.1, 0.15) is 12.8 Å². The molecule has 1 aliphatic heterocycles. The number of fused-ring (bicyclic) bond motifs is 1. The van der Waals surface area contributed by atoms with Gasteiger partial charge in [-0.1, -0.05) is 35.2 Å². The highest BCUT2D eigenvalue weighted by molar-refractivity contribution is 7.99. The molecule has 0 bridgehead atoms. The van der Waals surface area contributed by atoms with Crippen LogP contribution in [0.4, 0.5) is 19.6 Å². The third kappa shape index (κ3) is 4.19. The summed E-state index contributed by atoms with van der Waals surface area (Å²) in [5.74, 6) is -2.65. The Kier molecular flexibility index (Phi) is 5.89. The van der Waals surface area contributed by atoms with Crippen LogP contribution in [0.5, 0.6) is 0 Å². The number of alkyl halides is 2. The Morgan fingerprint density at radius 1 is 1.14 bits per heavy atom. The molecule has 8 heteroatoms. The molecule has 4 nitrogen and oxygen atoms in total. The molecule has 146 valence electrons. The molecular formula is C20H18F2N2O2S2. The van der Waals surface area contributed by atoms with Crippen LogP contribution in [0.3, 0.4) is 0 Å². The lowest BCUT2D eigenvalue weighted by molar-refractivity contribution is -0.124. The zero-order valence-corrected chi connectivity index (χ0v) is 16.5. The molecule has 3 aromatic rings. The zero-order valence-electron chi connectivity index (χ0n) is 14.9. The van der Waals surface area contributed by atoms with Gasteiger partial charge in [-0.05, 0) is 49.2 Å². The van der Waals surface area contributed by atoms with Gasteiger partial charge in [-0.2, -0.15) is 8.78 Å². The maximum atomic E-state index is 13.4. The Labute approximate surface area is 169 Å². The molecule has 0 N–H and O–H groups in total. The lowest BCUT2D eigenvalue weighted by Crippen LogP contribution is -2.35. The first-order chi connectivity index (χ1) is 13.6. The van der Waals surface area contributed by atoms with Gasteiger partial charge in [0.25, 0.3) is 5.76 Å². The largest absolute Gasteiger partial charge is 0.381 e. The van der Waals surface area contributed by atoms with Gasteiger partial charge in [0.1, 0.15) is 0 Å². The van der Waals surface area contributed by atoms with E-state index in [1.54, 1.807) is 29.2 Å². The van der Waals surface area contributed by atoms with Crippen molar-refractivity contribution in [1.82, 2.24) is 4.98 Å². The molecule has 0 unspecified atom stereocenters. The monoisotopic (exact) mass is 420 g/mol. The minimum atomic E-state index is -2.48. The average molecular weight is 421 g/mol. The first-order valence-corrected chi connectivity index (χ1v) is 10.6. The van der Waals surface area contributed by atoms with Crippen LogP contribution >= 0.6 is 23.1 Å². The predicted octanol–water partition coefficient (Wildman–Crippen LogP) is 5.70. The van der Waals surface area contributed by atoms with Gasteiger partial charge >= 0.3 is 0 Å². The summed E-state index contributed by atoms with van der Waals surface area (Å²) in [5, 5.41) is 0.590. The van der Waals surface area contributed by atoms with Crippen molar-refractivity contribution in [3.05, 3.63) is 48.5 Å². The molecule has 1 saturated heterocycles. The van der Waals surface area contributed by atoms with E-state index in [2.05, 4.69) is 4.98 Å². The van der Waals surface area contributed by atoms with Crippen LogP contribution in [0.25, 0.3) is 10.2 Å². The Bertz CT molecular complexity index is 923. The van der Waals surface area contributed by atoms with Crippen molar-refractivity contribution >= 4 is 50.0 Å². The van der Waals surface area contributed by atoms with E-state index in [0.717, 1.165) is 10.2 Å². The standard InChI is InChI=1S/C20H18F2N2O2S2/c21-19(22)27-15-7-5-14(6-8-15)24(18(25)13-9-11-26-12-10-13)20-23-16-3-1-2-4-17(16)28-20/h1-8,13,19H,9-12H2. The normalized spacial score (nSPS) is 15.2. The average Bonchev–Trinajstić information content (AvgIpc) is 3.13. The molecule has 0 atom stereocenters. The third-order valence-electron chi connectivity index (χ3n) is 4.58. The van der Waals surface area contributed by atoms with E-state index in [0.29, 0.717) is 53.5 Å². The van der Waals surface area contributed by atoms with Crippen molar-refractivity contribution < 1.29 is 18.3 Å². The Balaban J connectivity index is 1.71. The minimum absolute atomic E-state index is 0.0309. The molecule has 1 fully saturated rings. The number of anilines is 2. The number of hydrogen-bond acceptors (Lipinski definition) is 5. The smallest absolute Gasteiger partial charge is 0.288 e.